The Hall–Kier alpha value is -3.78. The van der Waals surface area contributed by atoms with Crippen LogP contribution in [0.2, 0.25) is 0 Å². The summed E-state index contributed by atoms with van der Waals surface area (Å²) in [6, 6.07) is 15.2. The maximum atomic E-state index is 15.0. The van der Waals surface area contributed by atoms with Gasteiger partial charge in [-0.25, -0.2) is 9.37 Å². The van der Waals surface area contributed by atoms with Crippen LogP contribution in [0.5, 0.6) is 0 Å². The molecule has 2 aliphatic rings. The van der Waals surface area contributed by atoms with Crippen LogP contribution in [0.3, 0.4) is 0 Å². The fraction of sp³-hybridized carbons (Fsp3) is 0.345. The lowest BCUT2D eigenvalue weighted by molar-refractivity contribution is 0.313. The van der Waals surface area contributed by atoms with Crippen molar-refractivity contribution in [3.63, 3.8) is 0 Å². The van der Waals surface area contributed by atoms with Crippen LogP contribution in [-0.4, -0.2) is 52.7 Å². The molecule has 1 aliphatic heterocycles. The highest BCUT2D eigenvalue weighted by molar-refractivity contribution is 5.82. The Morgan fingerprint density at radius 1 is 1.00 bits per heavy atom. The van der Waals surface area contributed by atoms with Gasteiger partial charge >= 0.3 is 0 Å². The molecule has 2 aromatic carbocycles. The highest BCUT2D eigenvalue weighted by atomic mass is 19.1. The summed E-state index contributed by atoms with van der Waals surface area (Å²) >= 11 is 0. The first kappa shape index (κ1) is 23.6. The molecule has 1 saturated heterocycles. The van der Waals surface area contributed by atoms with Crippen LogP contribution in [0.15, 0.2) is 59.5 Å². The first-order valence-electron chi connectivity index (χ1n) is 13.0. The van der Waals surface area contributed by atoms with E-state index in [1.165, 1.54) is 5.69 Å². The normalized spacial score (nSPS) is 16.4. The molecule has 0 atom stereocenters. The van der Waals surface area contributed by atoms with Gasteiger partial charge in [0.25, 0.3) is 5.56 Å². The Balaban J connectivity index is 1.28. The standard InChI is InChI=1S/C29H31FN6O/c1-3-36-27-21(16-25(28(36)37)24-11-6-20(17-26(24)30)19-4-5-19)18-31-29(33-27)32-22-7-9-23(10-8-22)35-14-12-34(2)13-15-35/h6-11,16-19H,3-5,12-15H2,1-2H3,(H,31,32,33). The number of fused-ring (bicyclic) bond motifs is 1. The van der Waals surface area contributed by atoms with Crippen molar-refractivity contribution in [2.75, 3.05) is 43.4 Å². The van der Waals surface area contributed by atoms with Gasteiger partial charge in [0.2, 0.25) is 5.95 Å². The molecule has 6 rings (SSSR count). The third-order valence-corrected chi connectivity index (χ3v) is 7.47. The third kappa shape index (κ3) is 4.69. The van der Waals surface area contributed by atoms with Crippen molar-refractivity contribution in [2.24, 2.45) is 0 Å². The number of nitrogens with one attached hydrogen (secondary N) is 1. The molecule has 0 spiro atoms. The predicted octanol–water partition coefficient (Wildman–Crippen LogP) is 4.99. The summed E-state index contributed by atoms with van der Waals surface area (Å²) in [7, 11) is 2.15. The van der Waals surface area contributed by atoms with Gasteiger partial charge in [0.05, 0.1) is 5.56 Å². The topological polar surface area (TPSA) is 66.3 Å². The van der Waals surface area contributed by atoms with Crippen LogP contribution < -0.4 is 15.8 Å². The number of hydrogen-bond donors (Lipinski definition) is 1. The molecule has 1 N–H and O–H groups in total. The second-order valence-electron chi connectivity index (χ2n) is 10.1. The van der Waals surface area contributed by atoms with Crippen molar-refractivity contribution in [1.82, 2.24) is 19.4 Å². The average molecular weight is 499 g/mol. The molecule has 0 radical (unpaired) electrons. The Kier molecular flexibility index (Phi) is 6.12. The molecule has 1 saturated carbocycles. The van der Waals surface area contributed by atoms with Crippen LogP contribution >= 0.6 is 0 Å². The highest BCUT2D eigenvalue weighted by Gasteiger charge is 2.25. The summed E-state index contributed by atoms with van der Waals surface area (Å²) in [5.74, 6) is 0.506. The van der Waals surface area contributed by atoms with E-state index in [0.717, 1.165) is 50.3 Å². The molecule has 3 heterocycles. The second-order valence-corrected chi connectivity index (χ2v) is 10.1. The van der Waals surface area contributed by atoms with E-state index in [2.05, 4.69) is 44.3 Å². The molecule has 190 valence electrons. The summed E-state index contributed by atoms with van der Waals surface area (Å²) in [6.45, 7) is 6.46. The minimum atomic E-state index is -0.359. The number of aryl methyl sites for hydroxylation is 1. The number of aromatic nitrogens is 3. The first-order chi connectivity index (χ1) is 18.0. The summed E-state index contributed by atoms with van der Waals surface area (Å²) in [4.78, 5) is 27.2. The lowest BCUT2D eigenvalue weighted by Crippen LogP contribution is -2.44. The molecule has 37 heavy (non-hydrogen) atoms. The fourth-order valence-corrected chi connectivity index (χ4v) is 5.08. The minimum Gasteiger partial charge on any atom is -0.369 e. The van der Waals surface area contributed by atoms with Gasteiger partial charge in [-0.15, -0.1) is 0 Å². The Morgan fingerprint density at radius 3 is 2.43 bits per heavy atom. The number of nitrogens with zero attached hydrogens (tertiary/aromatic N) is 5. The van der Waals surface area contributed by atoms with E-state index in [9.17, 15) is 4.79 Å². The van der Waals surface area contributed by atoms with Gasteiger partial charge in [0, 0.05) is 61.2 Å². The van der Waals surface area contributed by atoms with E-state index < -0.39 is 0 Å². The maximum absolute atomic E-state index is 15.0. The summed E-state index contributed by atoms with van der Waals surface area (Å²) in [5, 5.41) is 3.95. The van der Waals surface area contributed by atoms with Crippen LogP contribution in [-0.2, 0) is 6.54 Å². The SMILES string of the molecule is CCn1c(=O)c(-c2ccc(C3CC3)cc2F)cc2cnc(Nc3ccc(N4CCN(C)CC4)cc3)nc21. The zero-order valence-corrected chi connectivity index (χ0v) is 21.2. The quantitative estimate of drug-likeness (QED) is 0.404. The number of piperazine rings is 1. The van der Waals surface area contributed by atoms with Crippen LogP contribution in [0.25, 0.3) is 22.2 Å². The number of hydrogen-bond acceptors (Lipinski definition) is 6. The summed E-state index contributed by atoms with van der Waals surface area (Å²) < 4.78 is 16.6. The molecule has 8 heteroatoms. The van der Waals surface area contributed by atoms with Gasteiger partial charge in [0.15, 0.2) is 0 Å². The average Bonchev–Trinajstić information content (AvgIpc) is 3.75. The number of rotatable bonds is 6. The number of halogens is 1. The second kappa shape index (κ2) is 9.59. The zero-order valence-electron chi connectivity index (χ0n) is 21.2. The van der Waals surface area contributed by atoms with Crippen molar-refractivity contribution < 1.29 is 4.39 Å². The van der Waals surface area contributed by atoms with Gasteiger partial charge in [-0.2, -0.15) is 4.98 Å². The molecule has 4 aromatic rings. The fourth-order valence-electron chi connectivity index (χ4n) is 5.08. The summed E-state index contributed by atoms with van der Waals surface area (Å²) in [6.07, 6.45) is 3.89. The van der Waals surface area contributed by atoms with Crippen molar-refractivity contribution in [1.29, 1.82) is 0 Å². The van der Waals surface area contributed by atoms with E-state index in [0.29, 0.717) is 40.6 Å². The van der Waals surface area contributed by atoms with Crippen LogP contribution in [0.4, 0.5) is 21.7 Å². The van der Waals surface area contributed by atoms with E-state index in [1.807, 2.05) is 25.1 Å². The van der Waals surface area contributed by atoms with Crippen molar-refractivity contribution in [3.05, 3.63) is 76.5 Å². The molecule has 7 nitrogen and oxygen atoms in total. The first-order valence-corrected chi connectivity index (χ1v) is 13.0. The largest absolute Gasteiger partial charge is 0.369 e. The molecular weight excluding hydrogens is 467 g/mol. The molecule has 0 bridgehead atoms. The Morgan fingerprint density at radius 2 is 1.76 bits per heavy atom. The number of anilines is 3. The monoisotopic (exact) mass is 498 g/mol. The van der Waals surface area contributed by atoms with Crippen molar-refractivity contribution >= 4 is 28.4 Å². The van der Waals surface area contributed by atoms with Gasteiger partial charge in [-0.3, -0.25) is 9.36 Å². The lowest BCUT2D eigenvalue weighted by Gasteiger charge is -2.34. The van der Waals surface area contributed by atoms with Gasteiger partial charge in [0.1, 0.15) is 11.5 Å². The van der Waals surface area contributed by atoms with E-state index in [-0.39, 0.29) is 11.4 Å². The van der Waals surface area contributed by atoms with Crippen molar-refractivity contribution in [2.45, 2.75) is 32.2 Å². The predicted molar refractivity (Wildman–Crippen MR) is 146 cm³/mol. The maximum Gasteiger partial charge on any atom is 0.260 e. The van der Waals surface area contributed by atoms with Gasteiger partial charge < -0.3 is 15.1 Å². The van der Waals surface area contributed by atoms with Crippen LogP contribution in [0, 0.1) is 5.82 Å². The minimum absolute atomic E-state index is 0.255. The third-order valence-electron chi connectivity index (χ3n) is 7.47. The number of likely N-dealkylation sites (N-methyl/N-ethyl adjacent to an activating group) is 1. The van der Waals surface area contributed by atoms with Crippen molar-refractivity contribution in [3.8, 4) is 11.1 Å². The van der Waals surface area contributed by atoms with E-state index in [1.54, 1.807) is 29.0 Å². The smallest absolute Gasteiger partial charge is 0.260 e. The molecule has 1 aliphatic carbocycles. The molecule has 2 aromatic heterocycles. The number of benzene rings is 2. The molecule has 0 amide bonds. The van der Waals surface area contributed by atoms with Gasteiger partial charge in [-0.1, -0.05) is 12.1 Å². The van der Waals surface area contributed by atoms with Crippen LogP contribution in [0.1, 0.15) is 31.2 Å². The van der Waals surface area contributed by atoms with Gasteiger partial charge in [-0.05, 0) is 74.7 Å². The van der Waals surface area contributed by atoms with E-state index in [4.69, 9.17) is 0 Å². The number of pyridine rings is 1. The molecule has 0 unspecified atom stereocenters. The molecule has 2 fully saturated rings. The summed E-state index contributed by atoms with van der Waals surface area (Å²) in [5.41, 5.74) is 4.00. The Bertz CT molecular complexity index is 1500. The lowest BCUT2D eigenvalue weighted by atomic mass is 10.0. The van der Waals surface area contributed by atoms with E-state index >= 15 is 4.39 Å². The highest BCUT2D eigenvalue weighted by Crippen LogP contribution is 2.41. The molecular formula is C29H31FN6O. The zero-order chi connectivity index (χ0) is 25.5. The Labute approximate surface area is 215 Å².